The minimum absolute atomic E-state index is 0.0298. The van der Waals surface area contributed by atoms with Gasteiger partial charge in [-0.25, -0.2) is 13.8 Å². The van der Waals surface area contributed by atoms with Gasteiger partial charge in [-0.3, -0.25) is 5.32 Å². The van der Waals surface area contributed by atoms with Gasteiger partial charge in [-0.05, 0) is 31.9 Å². The van der Waals surface area contributed by atoms with Crippen LogP contribution in [0.1, 0.15) is 24.5 Å². The van der Waals surface area contributed by atoms with Crippen molar-refractivity contribution < 1.29 is 31.4 Å². The third kappa shape index (κ3) is 5.53. The van der Waals surface area contributed by atoms with Crippen LogP contribution in [0.2, 0.25) is 0 Å². The lowest BCUT2D eigenvalue weighted by Gasteiger charge is -2.22. The number of halogens is 7. The van der Waals surface area contributed by atoms with Crippen molar-refractivity contribution in [3.63, 3.8) is 0 Å². The summed E-state index contributed by atoms with van der Waals surface area (Å²) in [5, 5.41) is 6.01. The van der Waals surface area contributed by atoms with Crippen LogP contribution in [0.3, 0.4) is 0 Å². The van der Waals surface area contributed by atoms with E-state index in [1.807, 2.05) is 0 Å². The highest BCUT2D eigenvalue weighted by atomic mass is 35.5. The van der Waals surface area contributed by atoms with E-state index in [9.17, 15) is 17.6 Å². The second kappa shape index (κ2) is 10.5. The molecule has 1 atom stereocenters. The van der Waals surface area contributed by atoms with Crippen LogP contribution in [-0.4, -0.2) is 45.7 Å². The molecule has 37 heavy (non-hydrogen) atoms. The third-order valence-electron chi connectivity index (χ3n) is 5.56. The number of alkyl halides is 5. The van der Waals surface area contributed by atoms with Crippen LogP contribution < -0.4 is 25.8 Å². The molecular weight excluding hydrogens is 546 g/mol. The van der Waals surface area contributed by atoms with Gasteiger partial charge in [0.05, 0.1) is 24.0 Å². The minimum Gasteiger partial charge on any atom is -0.474 e. The first-order valence-electron chi connectivity index (χ1n) is 11.0. The van der Waals surface area contributed by atoms with Crippen LogP contribution >= 0.6 is 23.2 Å². The van der Waals surface area contributed by atoms with Crippen molar-refractivity contribution in [2.75, 3.05) is 30.9 Å². The van der Waals surface area contributed by atoms with Crippen molar-refractivity contribution >= 4 is 45.6 Å². The van der Waals surface area contributed by atoms with Crippen LogP contribution in [0.25, 0.3) is 22.2 Å². The molecule has 1 aromatic carbocycles. The standard InChI is InChI=1S/C22H21Cl2F5N6O2/c1-8-3-4-31-7-32-19-13-18(34-21(35-19)36-6-12(23)24)16(26)17(33-20(13)37-8)10-5-11(30)15(25)9(2)14(10)22(27,28)29/h5,8,12,31H,3-4,6-7,30H2,1-2H3,(H,32,34,35)/t8-/m0/s1. The first-order chi connectivity index (χ1) is 17.4. The second-order valence-corrected chi connectivity index (χ2v) is 9.53. The van der Waals surface area contributed by atoms with E-state index in [-0.39, 0.29) is 36.4 Å². The van der Waals surface area contributed by atoms with Crippen molar-refractivity contribution in [1.29, 1.82) is 0 Å². The average Bonchev–Trinajstić information content (AvgIpc) is 2.81. The van der Waals surface area contributed by atoms with E-state index in [4.69, 9.17) is 38.4 Å². The van der Waals surface area contributed by atoms with Gasteiger partial charge in [0.2, 0.25) is 5.88 Å². The number of hydrogen-bond acceptors (Lipinski definition) is 8. The lowest BCUT2D eigenvalue weighted by Crippen LogP contribution is -2.29. The van der Waals surface area contributed by atoms with E-state index < -0.39 is 62.3 Å². The Hall–Kier alpha value is -2.90. The highest BCUT2D eigenvalue weighted by Gasteiger charge is 2.39. The fourth-order valence-electron chi connectivity index (χ4n) is 3.87. The van der Waals surface area contributed by atoms with Gasteiger partial charge in [-0.1, -0.05) is 0 Å². The number of aromatic nitrogens is 3. The van der Waals surface area contributed by atoms with E-state index >= 15 is 4.39 Å². The van der Waals surface area contributed by atoms with E-state index in [2.05, 4.69) is 25.6 Å². The van der Waals surface area contributed by atoms with Crippen LogP contribution in [-0.2, 0) is 6.18 Å². The molecule has 1 aliphatic heterocycles. The summed E-state index contributed by atoms with van der Waals surface area (Å²) in [6.45, 7) is 3.09. The molecule has 2 aromatic heterocycles. The lowest BCUT2D eigenvalue weighted by molar-refractivity contribution is -0.137. The molecule has 0 unspecified atom stereocenters. The van der Waals surface area contributed by atoms with Crippen molar-refractivity contribution in [1.82, 2.24) is 20.3 Å². The minimum atomic E-state index is -5.06. The van der Waals surface area contributed by atoms with Gasteiger partial charge < -0.3 is 20.5 Å². The second-order valence-electron chi connectivity index (χ2n) is 8.26. The molecule has 8 nitrogen and oxygen atoms in total. The van der Waals surface area contributed by atoms with Crippen LogP contribution in [0.5, 0.6) is 11.9 Å². The maximum atomic E-state index is 16.0. The molecule has 4 rings (SSSR count). The van der Waals surface area contributed by atoms with E-state index in [1.54, 1.807) is 6.92 Å². The molecule has 1 aliphatic rings. The number of rotatable bonds is 4. The number of nitrogens with zero attached hydrogens (tertiary/aromatic N) is 3. The largest absolute Gasteiger partial charge is 0.474 e. The lowest BCUT2D eigenvalue weighted by atomic mass is 9.96. The SMILES string of the molecule is Cc1c(F)c(N)cc(-c2nc3c4c(nc(OCC(Cl)Cl)nc4c2F)NCNCC[C@H](C)O3)c1C(F)(F)F. The topological polar surface area (TPSA) is 107 Å². The summed E-state index contributed by atoms with van der Waals surface area (Å²) in [6.07, 6.45) is -5.03. The van der Waals surface area contributed by atoms with Crippen molar-refractivity contribution in [3.8, 4) is 23.1 Å². The summed E-state index contributed by atoms with van der Waals surface area (Å²) in [7, 11) is 0. The highest BCUT2D eigenvalue weighted by Crippen LogP contribution is 2.44. The highest BCUT2D eigenvalue weighted by molar-refractivity contribution is 6.44. The van der Waals surface area contributed by atoms with Gasteiger partial charge in [-0.2, -0.15) is 23.1 Å². The maximum Gasteiger partial charge on any atom is 0.417 e. The van der Waals surface area contributed by atoms with Gasteiger partial charge in [0, 0.05) is 12.1 Å². The maximum absolute atomic E-state index is 16.0. The number of nitrogen functional groups attached to an aromatic ring is 1. The number of hydrogen-bond donors (Lipinski definition) is 3. The van der Waals surface area contributed by atoms with Crippen molar-refractivity contribution in [3.05, 3.63) is 28.8 Å². The Bertz CT molecular complexity index is 1340. The van der Waals surface area contributed by atoms with Gasteiger partial charge >= 0.3 is 12.2 Å². The first-order valence-corrected chi connectivity index (χ1v) is 11.8. The molecule has 3 heterocycles. The Balaban J connectivity index is 2.07. The average molecular weight is 567 g/mol. The molecule has 3 aromatic rings. The zero-order valence-electron chi connectivity index (χ0n) is 19.4. The number of nitrogens with two attached hydrogens (primary N) is 1. The molecule has 0 saturated carbocycles. The molecule has 0 saturated heterocycles. The summed E-state index contributed by atoms with van der Waals surface area (Å²) in [5.74, 6) is -2.70. The van der Waals surface area contributed by atoms with Crippen LogP contribution in [0.4, 0.5) is 33.5 Å². The van der Waals surface area contributed by atoms with Crippen molar-refractivity contribution in [2.45, 2.75) is 37.4 Å². The van der Waals surface area contributed by atoms with Crippen molar-refractivity contribution in [2.24, 2.45) is 0 Å². The number of pyridine rings is 1. The Morgan fingerprint density at radius 3 is 2.62 bits per heavy atom. The molecule has 0 radical (unpaired) electrons. The van der Waals surface area contributed by atoms with E-state index in [0.29, 0.717) is 19.0 Å². The fraction of sp³-hybridized carbons (Fsp3) is 0.409. The number of anilines is 2. The zero-order chi connectivity index (χ0) is 27.1. The Kier molecular flexibility index (Phi) is 7.67. The van der Waals surface area contributed by atoms with Gasteiger partial charge in [0.25, 0.3) is 0 Å². The number of benzene rings is 1. The predicted molar refractivity (Wildman–Crippen MR) is 129 cm³/mol. The van der Waals surface area contributed by atoms with Crippen LogP contribution in [0.15, 0.2) is 6.07 Å². The summed E-state index contributed by atoms with van der Waals surface area (Å²) in [6, 6.07) is 0.339. The molecule has 15 heteroatoms. The Labute approximate surface area is 217 Å². The van der Waals surface area contributed by atoms with Gasteiger partial charge in [-0.15, -0.1) is 23.2 Å². The monoisotopic (exact) mass is 566 g/mol. The molecule has 0 spiro atoms. The smallest absolute Gasteiger partial charge is 0.417 e. The normalized spacial score (nSPS) is 16.4. The van der Waals surface area contributed by atoms with E-state index in [1.165, 1.54) is 0 Å². The third-order valence-corrected chi connectivity index (χ3v) is 5.81. The van der Waals surface area contributed by atoms with E-state index in [0.717, 1.165) is 6.92 Å². The van der Waals surface area contributed by atoms with Gasteiger partial charge in [0.1, 0.15) is 39.7 Å². The molecule has 0 amide bonds. The molecule has 0 bridgehead atoms. The summed E-state index contributed by atoms with van der Waals surface area (Å²) in [4.78, 5) is 11.4. The molecule has 200 valence electrons. The summed E-state index contributed by atoms with van der Waals surface area (Å²) < 4.78 is 83.8. The fourth-order valence-corrected chi connectivity index (χ4v) is 4.00. The molecule has 0 aliphatic carbocycles. The Morgan fingerprint density at radius 2 is 1.95 bits per heavy atom. The Morgan fingerprint density at radius 1 is 1.22 bits per heavy atom. The molecular formula is C22H21Cl2F5N6O2. The van der Waals surface area contributed by atoms with Gasteiger partial charge in [0.15, 0.2) is 5.82 Å². The first kappa shape index (κ1) is 27.1. The summed E-state index contributed by atoms with van der Waals surface area (Å²) in [5.41, 5.74) is 0.787. The molecule has 4 N–H and O–H groups in total. The number of nitrogens with one attached hydrogen (secondary N) is 2. The summed E-state index contributed by atoms with van der Waals surface area (Å²) >= 11 is 11.4. The number of ether oxygens (including phenoxy) is 2. The predicted octanol–water partition coefficient (Wildman–Crippen LogP) is 5.19. The molecule has 0 fully saturated rings. The van der Waals surface area contributed by atoms with Crippen LogP contribution in [0, 0.1) is 18.6 Å². The zero-order valence-corrected chi connectivity index (χ0v) is 21.0. The quantitative estimate of drug-likeness (QED) is 0.225.